The summed E-state index contributed by atoms with van der Waals surface area (Å²) in [4.78, 5) is 25.9. The van der Waals surface area contributed by atoms with Gasteiger partial charge in [0.1, 0.15) is 0 Å². The lowest BCUT2D eigenvalue weighted by atomic mass is 9.94. The SMILES string of the molecule is Cc1ccc(N)c(NC(=O)C(=O)N(C)C2CCCCC2)c1. The predicted molar refractivity (Wildman–Crippen MR) is 83.9 cm³/mol. The molecule has 5 heteroatoms. The van der Waals surface area contributed by atoms with Gasteiger partial charge < -0.3 is 16.0 Å². The van der Waals surface area contributed by atoms with Crippen LogP contribution in [0.25, 0.3) is 0 Å². The fourth-order valence-corrected chi connectivity index (χ4v) is 2.75. The number of amides is 2. The summed E-state index contributed by atoms with van der Waals surface area (Å²) < 4.78 is 0. The van der Waals surface area contributed by atoms with Crippen LogP contribution in [-0.2, 0) is 9.59 Å². The lowest BCUT2D eigenvalue weighted by Gasteiger charge is -2.30. The van der Waals surface area contributed by atoms with Gasteiger partial charge in [-0.05, 0) is 37.5 Å². The lowest BCUT2D eigenvalue weighted by Crippen LogP contribution is -2.44. The number of nitrogens with one attached hydrogen (secondary N) is 1. The maximum Gasteiger partial charge on any atom is 0.313 e. The molecule has 0 atom stereocenters. The maximum atomic E-state index is 12.2. The molecule has 1 aliphatic rings. The van der Waals surface area contributed by atoms with Crippen LogP contribution in [0, 0.1) is 6.92 Å². The molecule has 3 N–H and O–H groups in total. The molecule has 0 aromatic heterocycles. The number of rotatable bonds is 2. The molecule has 5 nitrogen and oxygen atoms in total. The van der Waals surface area contributed by atoms with Crippen LogP contribution in [-0.4, -0.2) is 29.8 Å². The van der Waals surface area contributed by atoms with Crippen LogP contribution >= 0.6 is 0 Å². The van der Waals surface area contributed by atoms with Gasteiger partial charge in [0.25, 0.3) is 0 Å². The van der Waals surface area contributed by atoms with Crippen LogP contribution in [0.4, 0.5) is 11.4 Å². The Balaban J connectivity index is 2.01. The molecule has 0 radical (unpaired) electrons. The summed E-state index contributed by atoms with van der Waals surface area (Å²) in [6.45, 7) is 1.91. The minimum absolute atomic E-state index is 0.173. The van der Waals surface area contributed by atoms with Crippen molar-refractivity contribution in [2.75, 3.05) is 18.1 Å². The number of benzene rings is 1. The molecule has 0 bridgehead atoms. The van der Waals surface area contributed by atoms with Gasteiger partial charge in [0.15, 0.2) is 0 Å². The van der Waals surface area contributed by atoms with Crippen molar-refractivity contribution in [2.45, 2.75) is 45.1 Å². The second-order valence-electron chi connectivity index (χ2n) is 5.75. The fourth-order valence-electron chi connectivity index (χ4n) is 2.75. The third kappa shape index (κ3) is 3.74. The van der Waals surface area contributed by atoms with E-state index in [1.807, 2.05) is 13.0 Å². The minimum atomic E-state index is -0.625. The van der Waals surface area contributed by atoms with Gasteiger partial charge in [-0.15, -0.1) is 0 Å². The summed E-state index contributed by atoms with van der Waals surface area (Å²) in [6.07, 6.45) is 5.40. The number of hydrogen-bond donors (Lipinski definition) is 2. The van der Waals surface area contributed by atoms with Crippen LogP contribution in [0.15, 0.2) is 18.2 Å². The normalized spacial score (nSPS) is 15.5. The second-order valence-corrected chi connectivity index (χ2v) is 5.75. The number of likely N-dealkylation sites (N-methyl/N-ethyl adjacent to an activating group) is 1. The highest BCUT2D eigenvalue weighted by atomic mass is 16.2. The van der Waals surface area contributed by atoms with Crippen molar-refractivity contribution in [1.82, 2.24) is 4.90 Å². The molecule has 1 fully saturated rings. The maximum absolute atomic E-state index is 12.2. The van der Waals surface area contributed by atoms with Gasteiger partial charge in [-0.3, -0.25) is 9.59 Å². The Labute approximate surface area is 125 Å². The fraction of sp³-hybridized carbons (Fsp3) is 0.500. The molecule has 0 saturated heterocycles. The van der Waals surface area contributed by atoms with E-state index in [4.69, 9.17) is 5.73 Å². The standard InChI is InChI=1S/C16H23N3O2/c1-11-8-9-13(17)14(10-11)18-15(20)16(21)19(2)12-6-4-3-5-7-12/h8-10,12H,3-7,17H2,1-2H3,(H,18,20). The number of carbonyl (C=O) groups is 2. The van der Waals surface area contributed by atoms with E-state index in [1.54, 1.807) is 24.1 Å². The Morgan fingerprint density at radius 2 is 1.90 bits per heavy atom. The minimum Gasteiger partial charge on any atom is -0.397 e. The van der Waals surface area contributed by atoms with E-state index in [0.29, 0.717) is 11.4 Å². The van der Waals surface area contributed by atoms with E-state index in [0.717, 1.165) is 31.2 Å². The summed E-state index contributed by atoms with van der Waals surface area (Å²) >= 11 is 0. The molecule has 21 heavy (non-hydrogen) atoms. The molecule has 0 spiro atoms. The number of hydrogen-bond acceptors (Lipinski definition) is 3. The van der Waals surface area contributed by atoms with Crippen LogP contribution in [0.3, 0.4) is 0 Å². The van der Waals surface area contributed by atoms with E-state index in [2.05, 4.69) is 5.32 Å². The Morgan fingerprint density at radius 3 is 2.57 bits per heavy atom. The molecule has 1 aromatic carbocycles. The molecule has 0 unspecified atom stereocenters. The Morgan fingerprint density at radius 1 is 1.24 bits per heavy atom. The zero-order chi connectivity index (χ0) is 15.4. The van der Waals surface area contributed by atoms with Gasteiger partial charge in [0, 0.05) is 13.1 Å². The van der Waals surface area contributed by atoms with E-state index >= 15 is 0 Å². The quantitative estimate of drug-likeness (QED) is 0.648. The smallest absolute Gasteiger partial charge is 0.313 e. The van der Waals surface area contributed by atoms with Crippen LogP contribution in [0.1, 0.15) is 37.7 Å². The number of anilines is 2. The van der Waals surface area contributed by atoms with Crippen molar-refractivity contribution in [3.63, 3.8) is 0 Å². The highest BCUT2D eigenvalue weighted by molar-refractivity contribution is 6.39. The van der Waals surface area contributed by atoms with Crippen molar-refractivity contribution in [3.8, 4) is 0 Å². The first-order valence-corrected chi connectivity index (χ1v) is 7.43. The molecule has 2 rings (SSSR count). The third-order valence-electron chi connectivity index (χ3n) is 4.09. The molecule has 2 amide bonds. The second kappa shape index (κ2) is 6.61. The zero-order valence-corrected chi connectivity index (χ0v) is 12.7. The number of nitrogens with two attached hydrogens (primary N) is 1. The van der Waals surface area contributed by atoms with Crippen molar-refractivity contribution < 1.29 is 9.59 Å². The van der Waals surface area contributed by atoms with Crippen LogP contribution in [0.5, 0.6) is 0 Å². The van der Waals surface area contributed by atoms with Crippen molar-refractivity contribution >= 4 is 23.2 Å². The molecule has 1 saturated carbocycles. The highest BCUT2D eigenvalue weighted by Crippen LogP contribution is 2.23. The van der Waals surface area contributed by atoms with E-state index in [9.17, 15) is 9.59 Å². The summed E-state index contributed by atoms with van der Waals surface area (Å²) in [6, 6.07) is 5.52. The van der Waals surface area contributed by atoms with E-state index in [-0.39, 0.29) is 6.04 Å². The summed E-state index contributed by atoms with van der Waals surface area (Å²) in [5.74, 6) is -1.12. The summed E-state index contributed by atoms with van der Waals surface area (Å²) in [5.41, 5.74) is 7.75. The monoisotopic (exact) mass is 289 g/mol. The Hall–Kier alpha value is -2.04. The first-order valence-electron chi connectivity index (χ1n) is 7.43. The molecule has 0 aliphatic heterocycles. The Kier molecular flexibility index (Phi) is 4.83. The lowest BCUT2D eigenvalue weighted by molar-refractivity contribution is -0.144. The molecular formula is C16H23N3O2. The van der Waals surface area contributed by atoms with E-state index < -0.39 is 11.8 Å². The van der Waals surface area contributed by atoms with Gasteiger partial charge in [-0.25, -0.2) is 0 Å². The van der Waals surface area contributed by atoms with Crippen LogP contribution in [0.2, 0.25) is 0 Å². The molecular weight excluding hydrogens is 266 g/mol. The molecule has 114 valence electrons. The molecule has 1 aromatic rings. The first-order chi connectivity index (χ1) is 9.99. The van der Waals surface area contributed by atoms with E-state index in [1.165, 1.54) is 6.42 Å². The van der Waals surface area contributed by atoms with Gasteiger partial charge >= 0.3 is 11.8 Å². The summed E-state index contributed by atoms with van der Waals surface area (Å²) in [7, 11) is 1.71. The van der Waals surface area contributed by atoms with Crippen molar-refractivity contribution in [3.05, 3.63) is 23.8 Å². The number of aryl methyl sites for hydroxylation is 1. The van der Waals surface area contributed by atoms with Crippen molar-refractivity contribution in [2.24, 2.45) is 0 Å². The number of nitrogens with zero attached hydrogens (tertiary/aromatic N) is 1. The zero-order valence-electron chi connectivity index (χ0n) is 12.7. The average Bonchev–Trinajstić information content (AvgIpc) is 2.50. The van der Waals surface area contributed by atoms with Gasteiger partial charge in [-0.2, -0.15) is 0 Å². The van der Waals surface area contributed by atoms with Gasteiger partial charge in [0.2, 0.25) is 0 Å². The first kappa shape index (κ1) is 15.4. The Bertz CT molecular complexity index is 536. The molecule has 0 heterocycles. The average molecular weight is 289 g/mol. The highest BCUT2D eigenvalue weighted by Gasteiger charge is 2.26. The predicted octanol–water partition coefficient (Wildman–Crippen LogP) is 2.31. The third-order valence-corrected chi connectivity index (χ3v) is 4.09. The van der Waals surface area contributed by atoms with Crippen LogP contribution < -0.4 is 11.1 Å². The van der Waals surface area contributed by atoms with Gasteiger partial charge in [0.05, 0.1) is 11.4 Å². The largest absolute Gasteiger partial charge is 0.397 e. The van der Waals surface area contributed by atoms with Gasteiger partial charge in [-0.1, -0.05) is 25.3 Å². The van der Waals surface area contributed by atoms with Crippen molar-refractivity contribution in [1.29, 1.82) is 0 Å². The summed E-state index contributed by atoms with van der Waals surface area (Å²) in [5, 5.41) is 2.62. The number of nitrogen functional groups attached to an aromatic ring is 1. The molecule has 1 aliphatic carbocycles. The number of carbonyl (C=O) groups excluding carboxylic acids is 2. The topological polar surface area (TPSA) is 75.4 Å².